The Morgan fingerprint density at radius 2 is 1.31 bits per heavy atom. The van der Waals surface area contributed by atoms with Crippen LogP contribution in [0.5, 0.6) is 0 Å². The normalized spacial score (nSPS) is 13.1. The fourth-order valence-electron chi connectivity index (χ4n) is 1.70. The average Bonchev–Trinajstić information content (AvgIpc) is 2.00. The SMILES string of the molecule is CC(C)C(=O)C(S)(C(C)C)C(C)C. The van der Waals surface area contributed by atoms with Gasteiger partial charge in [0.2, 0.25) is 0 Å². The highest BCUT2D eigenvalue weighted by Gasteiger charge is 2.41. The van der Waals surface area contributed by atoms with Gasteiger partial charge in [0.05, 0.1) is 4.75 Å². The Bertz CT molecular complexity index is 175. The summed E-state index contributed by atoms with van der Waals surface area (Å²) in [7, 11) is 0. The summed E-state index contributed by atoms with van der Waals surface area (Å²) in [5.41, 5.74) is 0. The highest BCUT2D eigenvalue weighted by Crippen LogP contribution is 2.35. The molecule has 0 rings (SSSR count). The molecule has 0 fully saturated rings. The van der Waals surface area contributed by atoms with Crippen molar-refractivity contribution in [3.8, 4) is 0 Å². The predicted octanol–water partition coefficient (Wildman–Crippen LogP) is 3.19. The fraction of sp³-hybridized carbons (Fsp3) is 0.909. The number of hydrogen-bond donors (Lipinski definition) is 1. The highest BCUT2D eigenvalue weighted by atomic mass is 32.1. The molecule has 0 unspecified atom stereocenters. The maximum atomic E-state index is 12.0. The van der Waals surface area contributed by atoms with Crippen molar-refractivity contribution in [2.75, 3.05) is 0 Å². The maximum absolute atomic E-state index is 12.0. The van der Waals surface area contributed by atoms with E-state index in [0.29, 0.717) is 0 Å². The Labute approximate surface area is 87.7 Å². The zero-order valence-electron chi connectivity index (χ0n) is 9.59. The predicted molar refractivity (Wildman–Crippen MR) is 61.2 cm³/mol. The molecule has 0 radical (unpaired) electrons. The lowest BCUT2D eigenvalue weighted by Gasteiger charge is -2.36. The molecule has 0 N–H and O–H groups in total. The Morgan fingerprint density at radius 3 is 1.38 bits per heavy atom. The van der Waals surface area contributed by atoms with E-state index in [1.807, 2.05) is 13.8 Å². The minimum absolute atomic E-state index is 0.0716. The van der Waals surface area contributed by atoms with Gasteiger partial charge in [0.1, 0.15) is 0 Å². The van der Waals surface area contributed by atoms with Gasteiger partial charge in [0.15, 0.2) is 5.78 Å². The quantitative estimate of drug-likeness (QED) is 0.693. The molecule has 0 aromatic heterocycles. The number of Topliss-reactive ketones (excluding diaryl/α,β-unsaturated/α-hetero) is 1. The molecule has 0 bridgehead atoms. The van der Waals surface area contributed by atoms with E-state index in [1.165, 1.54) is 0 Å². The van der Waals surface area contributed by atoms with Gasteiger partial charge in [-0.2, -0.15) is 12.6 Å². The summed E-state index contributed by atoms with van der Waals surface area (Å²) in [4.78, 5) is 12.0. The molecule has 13 heavy (non-hydrogen) atoms. The van der Waals surface area contributed by atoms with Crippen LogP contribution in [-0.2, 0) is 4.79 Å². The van der Waals surface area contributed by atoms with Crippen LogP contribution >= 0.6 is 12.6 Å². The zero-order chi connectivity index (χ0) is 10.8. The average molecular weight is 202 g/mol. The van der Waals surface area contributed by atoms with Crippen LogP contribution in [0.3, 0.4) is 0 Å². The van der Waals surface area contributed by atoms with E-state index in [4.69, 9.17) is 0 Å². The van der Waals surface area contributed by atoms with Crippen LogP contribution in [-0.4, -0.2) is 10.5 Å². The van der Waals surface area contributed by atoms with E-state index in [-0.39, 0.29) is 23.5 Å². The van der Waals surface area contributed by atoms with Crippen molar-refractivity contribution in [3.05, 3.63) is 0 Å². The molecule has 1 nitrogen and oxygen atoms in total. The molecular formula is C11H22OS. The number of carbonyl (C=O) groups is 1. The van der Waals surface area contributed by atoms with Gasteiger partial charge in [-0.1, -0.05) is 41.5 Å². The lowest BCUT2D eigenvalue weighted by Crippen LogP contribution is -2.45. The van der Waals surface area contributed by atoms with Gasteiger partial charge in [0, 0.05) is 5.92 Å². The lowest BCUT2D eigenvalue weighted by molar-refractivity contribution is -0.126. The van der Waals surface area contributed by atoms with E-state index in [2.05, 4.69) is 40.3 Å². The molecule has 2 heteroatoms. The third-order valence-electron chi connectivity index (χ3n) is 2.68. The Morgan fingerprint density at radius 1 is 1.00 bits per heavy atom. The molecule has 0 spiro atoms. The monoisotopic (exact) mass is 202 g/mol. The summed E-state index contributed by atoms with van der Waals surface area (Å²) >= 11 is 4.59. The maximum Gasteiger partial charge on any atom is 0.151 e. The van der Waals surface area contributed by atoms with Crippen molar-refractivity contribution in [1.29, 1.82) is 0 Å². The summed E-state index contributed by atoms with van der Waals surface area (Å²) in [6.07, 6.45) is 0. The minimum atomic E-state index is -0.464. The Balaban J connectivity index is 4.91. The molecule has 0 saturated carbocycles. The Kier molecular flexibility index (Phi) is 4.50. The Hall–Kier alpha value is 0.0200. The van der Waals surface area contributed by atoms with E-state index in [0.717, 1.165) is 0 Å². The molecule has 78 valence electrons. The summed E-state index contributed by atoms with van der Waals surface area (Å²) in [5.74, 6) is 0.902. The third kappa shape index (κ3) is 2.49. The van der Waals surface area contributed by atoms with Crippen LogP contribution in [0.2, 0.25) is 0 Å². The lowest BCUT2D eigenvalue weighted by atomic mass is 9.77. The van der Waals surface area contributed by atoms with E-state index in [9.17, 15) is 4.79 Å². The van der Waals surface area contributed by atoms with Gasteiger partial charge in [-0.05, 0) is 11.8 Å². The second-order valence-corrected chi connectivity index (χ2v) is 5.39. The van der Waals surface area contributed by atoms with E-state index in [1.54, 1.807) is 0 Å². The molecular weight excluding hydrogens is 180 g/mol. The van der Waals surface area contributed by atoms with Crippen molar-refractivity contribution in [3.63, 3.8) is 0 Å². The summed E-state index contributed by atoms with van der Waals surface area (Å²) < 4.78 is -0.464. The second kappa shape index (κ2) is 4.50. The van der Waals surface area contributed by atoms with Gasteiger partial charge in [-0.25, -0.2) is 0 Å². The van der Waals surface area contributed by atoms with Crippen LogP contribution in [0.25, 0.3) is 0 Å². The molecule has 0 aromatic rings. The largest absolute Gasteiger partial charge is 0.298 e. The second-order valence-electron chi connectivity index (χ2n) is 4.65. The molecule has 0 aliphatic heterocycles. The van der Waals surface area contributed by atoms with Crippen LogP contribution < -0.4 is 0 Å². The molecule has 0 saturated heterocycles. The van der Waals surface area contributed by atoms with E-state index < -0.39 is 4.75 Å². The van der Waals surface area contributed by atoms with Crippen molar-refractivity contribution in [1.82, 2.24) is 0 Å². The molecule has 0 aliphatic rings. The molecule has 0 amide bonds. The topological polar surface area (TPSA) is 17.1 Å². The van der Waals surface area contributed by atoms with Crippen molar-refractivity contribution in [2.24, 2.45) is 17.8 Å². The molecule has 0 atom stereocenters. The summed E-state index contributed by atoms with van der Waals surface area (Å²) in [6, 6.07) is 0. The number of carbonyl (C=O) groups excluding carboxylic acids is 1. The highest BCUT2D eigenvalue weighted by molar-refractivity contribution is 7.82. The number of rotatable bonds is 4. The third-order valence-corrected chi connectivity index (χ3v) is 3.93. The number of thiol groups is 1. The van der Waals surface area contributed by atoms with E-state index >= 15 is 0 Å². The van der Waals surface area contributed by atoms with Gasteiger partial charge >= 0.3 is 0 Å². The molecule has 0 heterocycles. The molecule has 0 aliphatic carbocycles. The summed E-state index contributed by atoms with van der Waals surface area (Å²) in [6.45, 7) is 12.1. The first kappa shape index (κ1) is 13.0. The smallest absolute Gasteiger partial charge is 0.151 e. The first-order chi connectivity index (χ1) is 5.74. The fourth-order valence-corrected chi connectivity index (χ4v) is 1.96. The first-order valence-corrected chi connectivity index (χ1v) is 5.46. The standard InChI is InChI=1S/C11H22OS/c1-7(2)10(12)11(13,8(3)4)9(5)6/h7-9,13H,1-6H3. The van der Waals surface area contributed by atoms with Crippen LogP contribution in [0.15, 0.2) is 0 Å². The van der Waals surface area contributed by atoms with Gasteiger partial charge in [0.25, 0.3) is 0 Å². The molecule has 0 aromatic carbocycles. The van der Waals surface area contributed by atoms with Crippen LogP contribution in [0.4, 0.5) is 0 Å². The number of hydrogen-bond acceptors (Lipinski definition) is 2. The van der Waals surface area contributed by atoms with Gasteiger partial charge in [-0.15, -0.1) is 0 Å². The van der Waals surface area contributed by atoms with Crippen LogP contribution in [0, 0.1) is 17.8 Å². The van der Waals surface area contributed by atoms with Crippen LogP contribution in [0.1, 0.15) is 41.5 Å². The van der Waals surface area contributed by atoms with Crippen molar-refractivity contribution < 1.29 is 4.79 Å². The van der Waals surface area contributed by atoms with Gasteiger partial charge in [-0.3, -0.25) is 4.79 Å². The first-order valence-electron chi connectivity index (χ1n) is 5.01. The van der Waals surface area contributed by atoms with Gasteiger partial charge < -0.3 is 0 Å². The zero-order valence-corrected chi connectivity index (χ0v) is 10.5. The van der Waals surface area contributed by atoms with Crippen molar-refractivity contribution >= 4 is 18.4 Å². The minimum Gasteiger partial charge on any atom is -0.298 e. The van der Waals surface area contributed by atoms with Crippen molar-refractivity contribution in [2.45, 2.75) is 46.3 Å². The summed E-state index contributed by atoms with van der Waals surface area (Å²) in [5, 5.41) is 0. The number of ketones is 1.